The molecule has 0 amide bonds. The topological polar surface area (TPSA) is 38.3 Å². The molecule has 0 unspecified atom stereocenters. The Bertz CT molecular complexity index is 644. The summed E-state index contributed by atoms with van der Waals surface area (Å²) in [7, 11) is 0. The number of carbonyl (C=O) groups is 1. The van der Waals surface area contributed by atoms with Crippen molar-refractivity contribution >= 4 is 34.9 Å². The summed E-state index contributed by atoms with van der Waals surface area (Å²) in [6.07, 6.45) is 0. The lowest BCUT2D eigenvalue weighted by molar-refractivity contribution is 0.0526. The van der Waals surface area contributed by atoms with Gasteiger partial charge >= 0.3 is 5.97 Å². The highest BCUT2D eigenvalue weighted by Crippen LogP contribution is 2.22. The Labute approximate surface area is 133 Å². The normalized spacial score (nSPS) is 10.2. The van der Waals surface area contributed by atoms with Gasteiger partial charge in [0.05, 0.1) is 12.2 Å². The van der Waals surface area contributed by atoms with E-state index in [1.807, 2.05) is 12.1 Å². The van der Waals surface area contributed by atoms with E-state index < -0.39 is 0 Å². The van der Waals surface area contributed by atoms with Crippen LogP contribution in [0.2, 0.25) is 10.0 Å². The van der Waals surface area contributed by atoms with Crippen LogP contribution in [0.5, 0.6) is 0 Å². The second-order valence-electron chi connectivity index (χ2n) is 4.39. The van der Waals surface area contributed by atoms with Gasteiger partial charge < -0.3 is 10.1 Å². The molecule has 110 valence electrons. The molecule has 0 spiro atoms. The fourth-order valence-corrected chi connectivity index (χ4v) is 2.31. The van der Waals surface area contributed by atoms with Crippen LogP contribution in [0.4, 0.5) is 5.69 Å². The number of hydrogen-bond acceptors (Lipinski definition) is 3. The van der Waals surface area contributed by atoms with E-state index in [0.717, 1.165) is 11.3 Å². The molecule has 21 heavy (non-hydrogen) atoms. The standard InChI is InChI=1S/C16H15Cl2NO2/c1-2-21-16(20)11-4-3-5-14(8-11)19-10-12-6-7-13(17)9-15(12)18/h3-9,19H,2,10H2,1H3. The predicted octanol–water partition coefficient (Wildman–Crippen LogP) is 4.78. The molecule has 0 radical (unpaired) electrons. The van der Waals surface area contributed by atoms with E-state index in [0.29, 0.717) is 28.8 Å². The lowest BCUT2D eigenvalue weighted by Crippen LogP contribution is -2.06. The van der Waals surface area contributed by atoms with Crippen LogP contribution in [0.1, 0.15) is 22.8 Å². The molecule has 0 aliphatic carbocycles. The summed E-state index contributed by atoms with van der Waals surface area (Å²) in [5, 5.41) is 4.44. The summed E-state index contributed by atoms with van der Waals surface area (Å²) in [5.74, 6) is -0.328. The molecule has 5 heteroatoms. The molecule has 3 nitrogen and oxygen atoms in total. The van der Waals surface area contributed by atoms with Gasteiger partial charge in [-0.05, 0) is 42.8 Å². The zero-order valence-corrected chi connectivity index (χ0v) is 13.0. The number of benzene rings is 2. The van der Waals surface area contributed by atoms with Crippen molar-refractivity contribution < 1.29 is 9.53 Å². The third kappa shape index (κ3) is 4.38. The van der Waals surface area contributed by atoms with Crippen LogP contribution in [0, 0.1) is 0 Å². The number of anilines is 1. The van der Waals surface area contributed by atoms with Gasteiger partial charge in [-0.3, -0.25) is 0 Å². The van der Waals surface area contributed by atoms with E-state index in [9.17, 15) is 4.79 Å². The average molecular weight is 324 g/mol. The van der Waals surface area contributed by atoms with E-state index in [1.165, 1.54) is 0 Å². The number of halogens is 2. The molecule has 0 heterocycles. The van der Waals surface area contributed by atoms with Gasteiger partial charge in [-0.1, -0.05) is 35.3 Å². The van der Waals surface area contributed by atoms with Crippen molar-refractivity contribution in [3.8, 4) is 0 Å². The number of hydrogen-bond donors (Lipinski definition) is 1. The van der Waals surface area contributed by atoms with Crippen LogP contribution in [-0.4, -0.2) is 12.6 Å². The number of nitrogens with one attached hydrogen (secondary N) is 1. The number of rotatable bonds is 5. The zero-order chi connectivity index (χ0) is 15.2. The maximum atomic E-state index is 11.7. The van der Waals surface area contributed by atoms with Crippen LogP contribution in [0.15, 0.2) is 42.5 Å². The number of carbonyl (C=O) groups excluding carboxylic acids is 1. The van der Waals surface area contributed by atoms with Gasteiger partial charge in [0.15, 0.2) is 0 Å². The van der Waals surface area contributed by atoms with Crippen LogP contribution in [0.3, 0.4) is 0 Å². The molecule has 0 bridgehead atoms. The first-order chi connectivity index (χ1) is 10.1. The molecular weight excluding hydrogens is 309 g/mol. The monoisotopic (exact) mass is 323 g/mol. The van der Waals surface area contributed by atoms with Gasteiger partial charge in [-0.15, -0.1) is 0 Å². The maximum Gasteiger partial charge on any atom is 0.338 e. The van der Waals surface area contributed by atoms with Gasteiger partial charge in [-0.2, -0.15) is 0 Å². The largest absolute Gasteiger partial charge is 0.462 e. The molecule has 0 fully saturated rings. The summed E-state index contributed by atoms with van der Waals surface area (Å²) < 4.78 is 4.98. The van der Waals surface area contributed by atoms with E-state index in [4.69, 9.17) is 27.9 Å². The minimum absolute atomic E-state index is 0.328. The molecular formula is C16H15Cl2NO2. The molecule has 0 aromatic heterocycles. The van der Waals surface area contributed by atoms with E-state index in [2.05, 4.69) is 5.32 Å². The third-order valence-electron chi connectivity index (χ3n) is 2.87. The summed E-state index contributed by atoms with van der Waals surface area (Å²) in [4.78, 5) is 11.7. The lowest BCUT2D eigenvalue weighted by atomic mass is 10.2. The van der Waals surface area contributed by atoms with E-state index in [1.54, 1.807) is 37.3 Å². The molecule has 0 saturated carbocycles. The minimum atomic E-state index is -0.328. The molecule has 0 saturated heterocycles. The van der Waals surface area contributed by atoms with Crippen molar-refractivity contribution in [2.45, 2.75) is 13.5 Å². The first-order valence-electron chi connectivity index (χ1n) is 6.55. The van der Waals surface area contributed by atoms with Crippen LogP contribution in [-0.2, 0) is 11.3 Å². The smallest absolute Gasteiger partial charge is 0.338 e. The summed E-state index contributed by atoms with van der Waals surface area (Å²) in [5.41, 5.74) is 2.28. The van der Waals surface area contributed by atoms with Gasteiger partial charge in [0.25, 0.3) is 0 Å². The second kappa shape index (κ2) is 7.34. The average Bonchev–Trinajstić information content (AvgIpc) is 2.47. The van der Waals surface area contributed by atoms with Crippen molar-refractivity contribution in [1.29, 1.82) is 0 Å². The zero-order valence-electron chi connectivity index (χ0n) is 11.5. The van der Waals surface area contributed by atoms with Gasteiger partial charge in [0.1, 0.15) is 0 Å². The quantitative estimate of drug-likeness (QED) is 0.804. The molecule has 2 aromatic rings. The van der Waals surface area contributed by atoms with E-state index in [-0.39, 0.29) is 5.97 Å². The lowest BCUT2D eigenvalue weighted by Gasteiger charge is -2.09. The Hall–Kier alpha value is -1.71. The van der Waals surface area contributed by atoms with Crippen molar-refractivity contribution in [3.05, 3.63) is 63.6 Å². The van der Waals surface area contributed by atoms with Crippen LogP contribution in [0.25, 0.3) is 0 Å². The van der Waals surface area contributed by atoms with Crippen LogP contribution < -0.4 is 5.32 Å². The highest BCUT2D eigenvalue weighted by atomic mass is 35.5. The fourth-order valence-electron chi connectivity index (χ4n) is 1.83. The SMILES string of the molecule is CCOC(=O)c1cccc(NCc2ccc(Cl)cc2Cl)c1. The Morgan fingerprint density at radius 2 is 2.00 bits per heavy atom. The summed E-state index contributed by atoms with van der Waals surface area (Å²) in [6.45, 7) is 2.68. The summed E-state index contributed by atoms with van der Waals surface area (Å²) in [6, 6.07) is 12.5. The predicted molar refractivity (Wildman–Crippen MR) is 86.2 cm³/mol. The van der Waals surface area contributed by atoms with Crippen molar-refractivity contribution in [2.24, 2.45) is 0 Å². The molecule has 0 atom stereocenters. The number of ether oxygens (including phenoxy) is 1. The number of esters is 1. The molecule has 2 aromatic carbocycles. The first kappa shape index (κ1) is 15.7. The molecule has 0 aliphatic heterocycles. The molecule has 0 aliphatic rings. The minimum Gasteiger partial charge on any atom is -0.462 e. The highest BCUT2D eigenvalue weighted by Gasteiger charge is 2.07. The summed E-state index contributed by atoms with van der Waals surface area (Å²) >= 11 is 12.0. The maximum absolute atomic E-state index is 11.7. The third-order valence-corrected chi connectivity index (χ3v) is 3.46. The Morgan fingerprint density at radius 1 is 1.19 bits per heavy atom. The van der Waals surface area contributed by atoms with Gasteiger partial charge in [-0.25, -0.2) is 4.79 Å². The van der Waals surface area contributed by atoms with Gasteiger partial charge in [0, 0.05) is 22.3 Å². The Balaban J connectivity index is 2.06. The van der Waals surface area contributed by atoms with E-state index >= 15 is 0 Å². The first-order valence-corrected chi connectivity index (χ1v) is 7.30. The molecule has 1 N–H and O–H groups in total. The fraction of sp³-hybridized carbons (Fsp3) is 0.188. The second-order valence-corrected chi connectivity index (χ2v) is 5.23. The van der Waals surface area contributed by atoms with Crippen molar-refractivity contribution in [2.75, 3.05) is 11.9 Å². The Kier molecular flexibility index (Phi) is 5.48. The highest BCUT2D eigenvalue weighted by molar-refractivity contribution is 6.35. The van der Waals surface area contributed by atoms with Crippen LogP contribution >= 0.6 is 23.2 Å². The molecule has 2 rings (SSSR count). The Morgan fingerprint density at radius 3 is 2.71 bits per heavy atom. The van der Waals surface area contributed by atoms with Crippen molar-refractivity contribution in [3.63, 3.8) is 0 Å². The van der Waals surface area contributed by atoms with Crippen molar-refractivity contribution in [1.82, 2.24) is 0 Å². The van der Waals surface area contributed by atoms with Gasteiger partial charge in [0.2, 0.25) is 0 Å².